The number of aromatic nitrogens is 2. The molecule has 0 aliphatic heterocycles. The Kier molecular flexibility index (Phi) is 3.01. The van der Waals surface area contributed by atoms with Gasteiger partial charge in [0.1, 0.15) is 5.82 Å². The molecule has 78 valence electrons. The van der Waals surface area contributed by atoms with E-state index in [1.807, 2.05) is 25.1 Å². The lowest BCUT2D eigenvalue weighted by molar-refractivity contribution is 0.883. The quantitative estimate of drug-likeness (QED) is 0.776. The maximum absolute atomic E-state index is 5.92. The maximum atomic E-state index is 5.92. The first-order chi connectivity index (χ1) is 7.09. The van der Waals surface area contributed by atoms with E-state index in [-0.39, 0.29) is 0 Å². The van der Waals surface area contributed by atoms with E-state index >= 15 is 0 Å². The van der Waals surface area contributed by atoms with Gasteiger partial charge in [0, 0.05) is 4.47 Å². The number of benzene rings is 1. The summed E-state index contributed by atoms with van der Waals surface area (Å²) >= 11 is 5.60. The minimum atomic E-state index is 0.682. The highest BCUT2D eigenvalue weighted by atomic mass is 127. The summed E-state index contributed by atoms with van der Waals surface area (Å²) in [4.78, 5) is 0. The first-order valence-electron chi connectivity index (χ1n) is 4.35. The van der Waals surface area contributed by atoms with Crippen molar-refractivity contribution in [3.8, 4) is 5.69 Å². The zero-order chi connectivity index (χ0) is 11.0. The van der Waals surface area contributed by atoms with E-state index in [2.05, 4.69) is 43.6 Å². The average molecular weight is 378 g/mol. The molecule has 1 heterocycles. The van der Waals surface area contributed by atoms with Crippen molar-refractivity contribution < 1.29 is 0 Å². The second kappa shape index (κ2) is 4.13. The summed E-state index contributed by atoms with van der Waals surface area (Å²) in [5.41, 5.74) is 8.07. The van der Waals surface area contributed by atoms with Gasteiger partial charge in [-0.3, -0.25) is 0 Å². The van der Waals surface area contributed by atoms with Crippen LogP contribution in [0.3, 0.4) is 0 Å². The molecule has 0 saturated heterocycles. The van der Waals surface area contributed by atoms with E-state index in [1.54, 1.807) is 10.9 Å². The third-order valence-corrected chi connectivity index (χ3v) is 3.47. The zero-order valence-electron chi connectivity index (χ0n) is 8.04. The second-order valence-corrected chi connectivity index (χ2v) is 5.30. The van der Waals surface area contributed by atoms with E-state index < -0.39 is 0 Å². The maximum Gasteiger partial charge on any atom is 0.140 e. The summed E-state index contributed by atoms with van der Waals surface area (Å²) in [6, 6.07) is 6.03. The molecule has 0 spiro atoms. The third kappa shape index (κ3) is 2.03. The Hall–Kier alpha value is -0.560. The van der Waals surface area contributed by atoms with Gasteiger partial charge in [-0.05, 0) is 53.3 Å². The Balaban J connectivity index is 2.59. The fourth-order valence-corrected chi connectivity index (χ4v) is 2.22. The number of rotatable bonds is 1. The van der Waals surface area contributed by atoms with E-state index in [9.17, 15) is 0 Å². The predicted octanol–water partition coefficient (Wildman–Crippen LogP) is 3.13. The van der Waals surface area contributed by atoms with Crippen molar-refractivity contribution in [1.29, 1.82) is 0 Å². The second-order valence-electron chi connectivity index (χ2n) is 3.22. The molecule has 0 saturated carbocycles. The van der Waals surface area contributed by atoms with Crippen LogP contribution in [0.4, 0.5) is 5.82 Å². The van der Waals surface area contributed by atoms with E-state index in [0.29, 0.717) is 5.82 Å². The number of anilines is 1. The molecule has 2 rings (SSSR count). The molecule has 2 N–H and O–H groups in total. The smallest absolute Gasteiger partial charge is 0.140 e. The van der Waals surface area contributed by atoms with Crippen LogP contribution in [-0.4, -0.2) is 9.78 Å². The normalized spacial score (nSPS) is 10.6. The van der Waals surface area contributed by atoms with E-state index in [1.165, 1.54) is 0 Å². The molecule has 2 aromatic rings. The summed E-state index contributed by atoms with van der Waals surface area (Å²) in [7, 11) is 0. The Bertz CT molecular complexity index is 507. The summed E-state index contributed by atoms with van der Waals surface area (Å²) in [5, 5.41) is 4.24. The van der Waals surface area contributed by atoms with Gasteiger partial charge in [-0.1, -0.05) is 15.9 Å². The van der Waals surface area contributed by atoms with Crippen LogP contribution in [0.5, 0.6) is 0 Å². The van der Waals surface area contributed by atoms with Crippen LogP contribution >= 0.6 is 38.5 Å². The van der Waals surface area contributed by atoms with Gasteiger partial charge in [0.05, 0.1) is 15.5 Å². The van der Waals surface area contributed by atoms with Crippen LogP contribution in [0.25, 0.3) is 5.69 Å². The fourth-order valence-electron chi connectivity index (χ4n) is 1.39. The first kappa shape index (κ1) is 10.9. The average Bonchev–Trinajstić information content (AvgIpc) is 2.49. The lowest BCUT2D eigenvalue weighted by atomic mass is 10.2. The number of hydrogen-bond acceptors (Lipinski definition) is 2. The summed E-state index contributed by atoms with van der Waals surface area (Å²) < 4.78 is 3.78. The molecule has 0 amide bonds. The van der Waals surface area contributed by atoms with Crippen LogP contribution in [0, 0.1) is 10.5 Å². The SMILES string of the molecule is Cc1cc(Br)ccc1-n1ncc(I)c1N. The van der Waals surface area contributed by atoms with Gasteiger partial charge in [-0.25, -0.2) is 4.68 Å². The number of aryl methyl sites for hydroxylation is 1. The van der Waals surface area contributed by atoms with Gasteiger partial charge in [0.2, 0.25) is 0 Å². The van der Waals surface area contributed by atoms with E-state index in [4.69, 9.17) is 5.73 Å². The van der Waals surface area contributed by atoms with Crippen molar-refractivity contribution in [2.45, 2.75) is 6.92 Å². The molecule has 15 heavy (non-hydrogen) atoms. The van der Waals surface area contributed by atoms with Gasteiger partial charge in [-0.15, -0.1) is 0 Å². The Morgan fingerprint density at radius 1 is 1.47 bits per heavy atom. The van der Waals surface area contributed by atoms with Gasteiger partial charge in [-0.2, -0.15) is 5.10 Å². The minimum Gasteiger partial charge on any atom is -0.383 e. The van der Waals surface area contributed by atoms with Gasteiger partial charge in [0.15, 0.2) is 0 Å². The standard InChI is InChI=1S/C10H9BrIN3/c1-6-4-7(11)2-3-9(6)15-10(13)8(12)5-14-15/h2-5H,13H2,1H3. The Labute approximate surface area is 110 Å². The van der Waals surface area contributed by atoms with Gasteiger partial charge < -0.3 is 5.73 Å². The van der Waals surface area contributed by atoms with Crippen molar-refractivity contribution in [2.75, 3.05) is 5.73 Å². The molecule has 3 nitrogen and oxygen atoms in total. The molecule has 1 aromatic heterocycles. The molecule has 0 aliphatic rings. The zero-order valence-corrected chi connectivity index (χ0v) is 11.8. The van der Waals surface area contributed by atoms with E-state index in [0.717, 1.165) is 19.3 Å². The van der Waals surface area contributed by atoms with Crippen LogP contribution in [-0.2, 0) is 0 Å². The van der Waals surface area contributed by atoms with Gasteiger partial charge in [0.25, 0.3) is 0 Å². The van der Waals surface area contributed by atoms with Crippen molar-refractivity contribution >= 4 is 44.3 Å². The lowest BCUT2D eigenvalue weighted by Crippen LogP contribution is -2.04. The number of hydrogen-bond donors (Lipinski definition) is 1. The predicted molar refractivity (Wildman–Crippen MR) is 73.1 cm³/mol. The van der Waals surface area contributed by atoms with Crippen molar-refractivity contribution in [2.24, 2.45) is 0 Å². The Morgan fingerprint density at radius 2 is 2.20 bits per heavy atom. The summed E-state index contributed by atoms with van der Waals surface area (Å²) in [6.45, 7) is 2.04. The van der Waals surface area contributed by atoms with Crippen molar-refractivity contribution in [3.63, 3.8) is 0 Å². The highest BCUT2D eigenvalue weighted by molar-refractivity contribution is 14.1. The molecule has 1 aromatic carbocycles. The van der Waals surface area contributed by atoms with Crippen LogP contribution in [0.2, 0.25) is 0 Å². The molecule has 0 atom stereocenters. The molecule has 0 radical (unpaired) electrons. The van der Waals surface area contributed by atoms with Crippen LogP contribution < -0.4 is 5.73 Å². The summed E-state index contributed by atoms with van der Waals surface area (Å²) in [5.74, 6) is 0.682. The molecular weight excluding hydrogens is 369 g/mol. The Morgan fingerprint density at radius 3 is 2.73 bits per heavy atom. The highest BCUT2D eigenvalue weighted by Crippen LogP contribution is 2.23. The molecule has 0 unspecified atom stereocenters. The fraction of sp³-hybridized carbons (Fsp3) is 0.100. The topological polar surface area (TPSA) is 43.8 Å². The lowest BCUT2D eigenvalue weighted by Gasteiger charge is -2.08. The monoisotopic (exact) mass is 377 g/mol. The molecule has 0 bridgehead atoms. The number of nitrogen functional groups attached to an aromatic ring is 1. The van der Waals surface area contributed by atoms with Gasteiger partial charge >= 0.3 is 0 Å². The van der Waals surface area contributed by atoms with Crippen molar-refractivity contribution in [1.82, 2.24) is 9.78 Å². The molecule has 0 fully saturated rings. The highest BCUT2D eigenvalue weighted by Gasteiger charge is 2.08. The molecular formula is C10H9BrIN3. The third-order valence-electron chi connectivity index (χ3n) is 2.15. The summed E-state index contributed by atoms with van der Waals surface area (Å²) in [6.07, 6.45) is 1.76. The first-order valence-corrected chi connectivity index (χ1v) is 6.22. The molecule has 5 heteroatoms. The van der Waals surface area contributed by atoms with Crippen molar-refractivity contribution in [3.05, 3.63) is 38.0 Å². The minimum absolute atomic E-state index is 0.682. The number of nitrogens with zero attached hydrogens (tertiary/aromatic N) is 2. The number of halogens is 2. The number of nitrogens with two attached hydrogens (primary N) is 1. The largest absolute Gasteiger partial charge is 0.383 e. The van der Waals surface area contributed by atoms with Crippen LogP contribution in [0.15, 0.2) is 28.9 Å². The van der Waals surface area contributed by atoms with Crippen LogP contribution in [0.1, 0.15) is 5.56 Å². The molecule has 0 aliphatic carbocycles.